The molecule has 0 aliphatic heterocycles. The van der Waals surface area contributed by atoms with E-state index in [0.29, 0.717) is 23.4 Å². The summed E-state index contributed by atoms with van der Waals surface area (Å²) in [5.41, 5.74) is 4.60. The minimum Gasteiger partial charge on any atom is -0.348 e. The molecule has 136 valence electrons. The summed E-state index contributed by atoms with van der Waals surface area (Å²) < 4.78 is 0. The van der Waals surface area contributed by atoms with E-state index in [9.17, 15) is 9.59 Å². The van der Waals surface area contributed by atoms with E-state index >= 15 is 0 Å². The minimum absolute atomic E-state index is 0.226. The van der Waals surface area contributed by atoms with E-state index < -0.39 is 0 Å². The molecule has 2 amide bonds. The SMILES string of the molecule is Cc1ccc(CNC(=O)c2ccccc2NC(=O)c2ccccc2C)cc1. The highest BCUT2D eigenvalue weighted by atomic mass is 16.2. The average molecular weight is 358 g/mol. The summed E-state index contributed by atoms with van der Waals surface area (Å²) >= 11 is 0. The number of hydrogen-bond donors (Lipinski definition) is 2. The van der Waals surface area contributed by atoms with E-state index in [1.165, 1.54) is 5.56 Å². The maximum absolute atomic E-state index is 12.6. The van der Waals surface area contributed by atoms with Crippen LogP contribution in [0.2, 0.25) is 0 Å². The summed E-state index contributed by atoms with van der Waals surface area (Å²) in [6.07, 6.45) is 0. The first-order valence-electron chi connectivity index (χ1n) is 8.84. The van der Waals surface area contributed by atoms with Crippen molar-refractivity contribution in [3.63, 3.8) is 0 Å². The lowest BCUT2D eigenvalue weighted by Gasteiger charge is -2.12. The van der Waals surface area contributed by atoms with E-state index in [0.717, 1.165) is 11.1 Å². The molecule has 0 saturated heterocycles. The molecule has 0 fully saturated rings. The first-order valence-corrected chi connectivity index (χ1v) is 8.84. The Kier molecular flexibility index (Phi) is 5.67. The summed E-state index contributed by atoms with van der Waals surface area (Å²) in [6, 6.07) is 22.4. The third kappa shape index (κ3) is 4.61. The summed E-state index contributed by atoms with van der Waals surface area (Å²) in [6.45, 7) is 4.34. The van der Waals surface area contributed by atoms with Crippen LogP contribution in [-0.4, -0.2) is 11.8 Å². The van der Waals surface area contributed by atoms with Crippen LogP contribution in [-0.2, 0) is 6.54 Å². The lowest BCUT2D eigenvalue weighted by Crippen LogP contribution is -2.25. The standard InChI is InChI=1S/C23H22N2O2/c1-16-11-13-18(14-12-16)15-24-22(26)20-9-5-6-10-21(20)25-23(27)19-8-4-3-7-17(19)2/h3-14H,15H2,1-2H3,(H,24,26)(H,25,27). The van der Waals surface area contributed by atoms with Crippen molar-refractivity contribution < 1.29 is 9.59 Å². The zero-order valence-electron chi connectivity index (χ0n) is 15.5. The van der Waals surface area contributed by atoms with Crippen LogP contribution < -0.4 is 10.6 Å². The van der Waals surface area contributed by atoms with Gasteiger partial charge in [0, 0.05) is 12.1 Å². The van der Waals surface area contributed by atoms with Gasteiger partial charge in [0.15, 0.2) is 0 Å². The number of carbonyl (C=O) groups excluding carboxylic acids is 2. The Hall–Kier alpha value is -3.40. The molecule has 0 unspecified atom stereocenters. The number of anilines is 1. The number of amides is 2. The van der Waals surface area contributed by atoms with Crippen LogP contribution in [0, 0.1) is 13.8 Å². The number of benzene rings is 3. The van der Waals surface area contributed by atoms with Crippen molar-refractivity contribution in [2.24, 2.45) is 0 Å². The predicted octanol–water partition coefficient (Wildman–Crippen LogP) is 4.49. The molecule has 0 saturated carbocycles. The van der Waals surface area contributed by atoms with Crippen molar-refractivity contribution in [1.82, 2.24) is 5.32 Å². The Morgan fingerprint density at radius 1 is 0.741 bits per heavy atom. The lowest BCUT2D eigenvalue weighted by atomic mass is 10.1. The Balaban J connectivity index is 1.73. The van der Waals surface area contributed by atoms with Crippen molar-refractivity contribution in [3.8, 4) is 0 Å². The molecule has 0 heterocycles. The monoisotopic (exact) mass is 358 g/mol. The molecule has 0 atom stereocenters. The zero-order chi connectivity index (χ0) is 19.2. The predicted molar refractivity (Wildman–Crippen MR) is 108 cm³/mol. The first-order chi connectivity index (χ1) is 13.0. The smallest absolute Gasteiger partial charge is 0.255 e. The van der Waals surface area contributed by atoms with Crippen molar-refractivity contribution in [1.29, 1.82) is 0 Å². The molecule has 0 radical (unpaired) electrons. The Morgan fingerprint density at radius 3 is 2.07 bits per heavy atom. The fourth-order valence-corrected chi connectivity index (χ4v) is 2.79. The average Bonchev–Trinajstić information content (AvgIpc) is 2.68. The molecule has 3 aromatic rings. The molecule has 4 nitrogen and oxygen atoms in total. The highest BCUT2D eigenvalue weighted by Crippen LogP contribution is 2.17. The quantitative estimate of drug-likeness (QED) is 0.706. The van der Waals surface area contributed by atoms with Gasteiger partial charge in [-0.3, -0.25) is 9.59 Å². The van der Waals surface area contributed by atoms with Crippen LogP contribution >= 0.6 is 0 Å². The largest absolute Gasteiger partial charge is 0.348 e. The number of hydrogen-bond acceptors (Lipinski definition) is 2. The van der Waals surface area contributed by atoms with Gasteiger partial charge in [-0.25, -0.2) is 0 Å². The maximum atomic E-state index is 12.6. The topological polar surface area (TPSA) is 58.2 Å². The number of rotatable bonds is 5. The van der Waals surface area contributed by atoms with Gasteiger partial charge in [0.1, 0.15) is 0 Å². The van der Waals surface area contributed by atoms with Crippen molar-refractivity contribution in [2.45, 2.75) is 20.4 Å². The fourth-order valence-electron chi connectivity index (χ4n) is 2.79. The molecule has 0 aliphatic rings. The van der Waals surface area contributed by atoms with Gasteiger partial charge >= 0.3 is 0 Å². The molecular formula is C23H22N2O2. The van der Waals surface area contributed by atoms with Gasteiger partial charge in [-0.05, 0) is 43.2 Å². The lowest BCUT2D eigenvalue weighted by molar-refractivity contribution is 0.0952. The Labute approximate surface area is 159 Å². The highest BCUT2D eigenvalue weighted by molar-refractivity contribution is 6.09. The fraction of sp³-hybridized carbons (Fsp3) is 0.130. The Morgan fingerprint density at radius 2 is 1.37 bits per heavy atom. The van der Waals surface area contributed by atoms with Gasteiger partial charge in [-0.1, -0.05) is 60.2 Å². The van der Waals surface area contributed by atoms with Crippen LogP contribution in [0.3, 0.4) is 0 Å². The molecule has 0 aliphatic carbocycles. The van der Waals surface area contributed by atoms with E-state index in [1.54, 1.807) is 30.3 Å². The van der Waals surface area contributed by atoms with E-state index in [-0.39, 0.29) is 11.8 Å². The third-order valence-electron chi connectivity index (χ3n) is 4.38. The maximum Gasteiger partial charge on any atom is 0.255 e. The molecule has 27 heavy (non-hydrogen) atoms. The molecular weight excluding hydrogens is 336 g/mol. The summed E-state index contributed by atoms with van der Waals surface area (Å²) in [7, 11) is 0. The normalized spacial score (nSPS) is 10.3. The van der Waals surface area contributed by atoms with E-state index in [4.69, 9.17) is 0 Å². The van der Waals surface area contributed by atoms with E-state index in [1.807, 2.05) is 56.3 Å². The van der Waals surface area contributed by atoms with Crippen LogP contribution in [0.1, 0.15) is 37.4 Å². The van der Waals surface area contributed by atoms with Gasteiger partial charge in [0.2, 0.25) is 0 Å². The molecule has 0 bridgehead atoms. The first kappa shape index (κ1) is 18.4. The van der Waals surface area contributed by atoms with Crippen LogP contribution in [0.5, 0.6) is 0 Å². The summed E-state index contributed by atoms with van der Waals surface area (Å²) in [4.78, 5) is 25.2. The second-order valence-corrected chi connectivity index (χ2v) is 6.48. The number of para-hydroxylation sites is 1. The van der Waals surface area contributed by atoms with Crippen LogP contribution in [0.25, 0.3) is 0 Å². The van der Waals surface area contributed by atoms with Gasteiger partial charge in [-0.2, -0.15) is 0 Å². The van der Waals surface area contributed by atoms with Crippen LogP contribution in [0.15, 0.2) is 72.8 Å². The third-order valence-corrected chi connectivity index (χ3v) is 4.38. The molecule has 4 heteroatoms. The van der Waals surface area contributed by atoms with Crippen LogP contribution in [0.4, 0.5) is 5.69 Å². The van der Waals surface area contributed by atoms with Gasteiger partial charge in [0.05, 0.1) is 11.3 Å². The zero-order valence-corrected chi connectivity index (χ0v) is 15.5. The van der Waals surface area contributed by atoms with E-state index in [2.05, 4.69) is 10.6 Å². The summed E-state index contributed by atoms with van der Waals surface area (Å²) in [5.74, 6) is -0.455. The van der Waals surface area contributed by atoms with Crippen molar-refractivity contribution >= 4 is 17.5 Å². The van der Waals surface area contributed by atoms with Gasteiger partial charge in [0.25, 0.3) is 11.8 Å². The van der Waals surface area contributed by atoms with Gasteiger partial charge in [-0.15, -0.1) is 0 Å². The second-order valence-electron chi connectivity index (χ2n) is 6.48. The van der Waals surface area contributed by atoms with Gasteiger partial charge < -0.3 is 10.6 Å². The molecule has 3 aromatic carbocycles. The summed E-state index contributed by atoms with van der Waals surface area (Å²) in [5, 5.41) is 5.76. The number of carbonyl (C=O) groups is 2. The number of nitrogens with one attached hydrogen (secondary N) is 2. The molecule has 2 N–H and O–H groups in total. The highest BCUT2D eigenvalue weighted by Gasteiger charge is 2.14. The Bertz CT molecular complexity index is 962. The molecule has 0 spiro atoms. The second kappa shape index (κ2) is 8.32. The number of aryl methyl sites for hydroxylation is 2. The molecule has 0 aromatic heterocycles. The van der Waals surface area contributed by atoms with Crippen molar-refractivity contribution in [3.05, 3.63) is 101 Å². The van der Waals surface area contributed by atoms with Crippen molar-refractivity contribution in [2.75, 3.05) is 5.32 Å². The minimum atomic E-state index is -0.230. The molecule has 3 rings (SSSR count).